The van der Waals surface area contributed by atoms with Crippen molar-refractivity contribution < 1.29 is 0 Å². The Morgan fingerprint density at radius 2 is 2.00 bits per heavy atom. The molecular formula is C19H25N5. The maximum Gasteiger partial charge on any atom is 0.128 e. The first-order valence-corrected chi connectivity index (χ1v) is 8.71. The van der Waals surface area contributed by atoms with E-state index in [0.29, 0.717) is 11.6 Å². The summed E-state index contributed by atoms with van der Waals surface area (Å²) < 4.78 is 0. The second-order valence-corrected chi connectivity index (χ2v) is 6.38. The van der Waals surface area contributed by atoms with Gasteiger partial charge in [0.1, 0.15) is 5.82 Å². The van der Waals surface area contributed by atoms with Crippen LogP contribution in [0.2, 0.25) is 0 Å². The molecule has 1 aliphatic heterocycles. The summed E-state index contributed by atoms with van der Waals surface area (Å²) in [4.78, 5) is 9.64. The predicted octanol–water partition coefficient (Wildman–Crippen LogP) is 2.54. The van der Waals surface area contributed by atoms with Gasteiger partial charge in [-0.3, -0.25) is 4.90 Å². The number of para-hydroxylation sites is 1. The van der Waals surface area contributed by atoms with Crippen LogP contribution in [0, 0.1) is 11.3 Å². The second-order valence-electron chi connectivity index (χ2n) is 6.38. The predicted molar refractivity (Wildman–Crippen MR) is 98.1 cm³/mol. The summed E-state index contributed by atoms with van der Waals surface area (Å²) in [7, 11) is 0. The molecular weight excluding hydrogens is 298 g/mol. The molecule has 0 unspecified atom stereocenters. The smallest absolute Gasteiger partial charge is 0.128 e. The van der Waals surface area contributed by atoms with Crippen LogP contribution in [0.5, 0.6) is 0 Å². The van der Waals surface area contributed by atoms with Crippen LogP contribution < -0.4 is 5.32 Å². The molecule has 5 nitrogen and oxygen atoms in total. The van der Waals surface area contributed by atoms with Crippen molar-refractivity contribution in [2.24, 2.45) is 0 Å². The summed E-state index contributed by atoms with van der Waals surface area (Å²) in [6.45, 7) is 11.0. The molecule has 1 fully saturated rings. The number of hydrogen-bond acceptors (Lipinski definition) is 5. The van der Waals surface area contributed by atoms with Gasteiger partial charge in [0, 0.05) is 44.2 Å². The van der Waals surface area contributed by atoms with Crippen molar-refractivity contribution in [1.82, 2.24) is 14.8 Å². The molecule has 1 aromatic heterocycles. The van der Waals surface area contributed by atoms with E-state index in [1.807, 2.05) is 30.3 Å². The van der Waals surface area contributed by atoms with Gasteiger partial charge in [-0.15, -0.1) is 0 Å². The van der Waals surface area contributed by atoms with Gasteiger partial charge in [-0.1, -0.05) is 25.1 Å². The van der Waals surface area contributed by atoms with Gasteiger partial charge >= 0.3 is 0 Å². The van der Waals surface area contributed by atoms with E-state index in [1.165, 1.54) is 0 Å². The van der Waals surface area contributed by atoms with Crippen molar-refractivity contribution in [3.63, 3.8) is 0 Å². The largest absolute Gasteiger partial charge is 0.368 e. The number of nitrogens with one attached hydrogen (secondary N) is 1. The average Bonchev–Trinajstić information content (AvgIpc) is 2.65. The Morgan fingerprint density at radius 3 is 2.71 bits per heavy atom. The van der Waals surface area contributed by atoms with Gasteiger partial charge in [0.05, 0.1) is 17.1 Å². The van der Waals surface area contributed by atoms with E-state index in [2.05, 4.69) is 40.0 Å². The van der Waals surface area contributed by atoms with E-state index in [4.69, 9.17) is 0 Å². The summed E-state index contributed by atoms with van der Waals surface area (Å²) in [5.41, 5.74) is 1.54. The normalized spacial score (nSPS) is 17.5. The Bertz CT molecular complexity index is 728. The minimum Gasteiger partial charge on any atom is -0.368 e. The summed E-state index contributed by atoms with van der Waals surface area (Å²) in [5.74, 6) is 0.782. The molecule has 0 bridgehead atoms. The van der Waals surface area contributed by atoms with E-state index in [9.17, 15) is 5.26 Å². The maximum atomic E-state index is 9.37. The third kappa shape index (κ3) is 3.66. The van der Waals surface area contributed by atoms with Gasteiger partial charge in [-0.25, -0.2) is 4.98 Å². The third-order valence-corrected chi connectivity index (χ3v) is 4.89. The van der Waals surface area contributed by atoms with E-state index >= 15 is 0 Å². The molecule has 1 N–H and O–H groups in total. The first-order valence-electron chi connectivity index (χ1n) is 8.71. The first-order chi connectivity index (χ1) is 11.7. The topological polar surface area (TPSA) is 55.2 Å². The second kappa shape index (κ2) is 7.61. The van der Waals surface area contributed by atoms with Gasteiger partial charge in [0.25, 0.3) is 0 Å². The van der Waals surface area contributed by atoms with Crippen molar-refractivity contribution >= 4 is 16.7 Å². The van der Waals surface area contributed by atoms with Crippen LogP contribution in [0.25, 0.3) is 10.9 Å². The number of aromatic nitrogens is 1. The molecule has 0 amide bonds. The zero-order valence-corrected chi connectivity index (χ0v) is 14.5. The number of piperazine rings is 1. The Morgan fingerprint density at radius 1 is 1.25 bits per heavy atom. The zero-order valence-electron chi connectivity index (χ0n) is 14.5. The number of likely N-dealkylation sites (N-methyl/N-ethyl adjacent to an activating group) is 1. The maximum absolute atomic E-state index is 9.37. The third-order valence-electron chi connectivity index (χ3n) is 4.89. The van der Waals surface area contributed by atoms with Crippen LogP contribution in [0.15, 0.2) is 30.3 Å². The highest BCUT2D eigenvalue weighted by atomic mass is 15.3. The Hall–Kier alpha value is -2.16. The molecule has 2 heterocycles. The molecule has 1 saturated heterocycles. The fourth-order valence-corrected chi connectivity index (χ4v) is 3.26. The standard InChI is InChI=1S/C19H25N5/c1-3-23-8-10-24(11-9-23)15(2)14-21-19-12-16(13-20)17-6-4-5-7-18(17)22-19/h4-7,12,15H,3,8-11,14H2,1-2H3,(H,21,22)/t15-/m0/s1. The van der Waals surface area contributed by atoms with Crippen molar-refractivity contribution in [3.8, 4) is 6.07 Å². The first kappa shape index (κ1) is 16.7. The number of benzene rings is 1. The molecule has 2 aromatic rings. The fraction of sp³-hybridized carbons (Fsp3) is 0.474. The minimum atomic E-state index is 0.447. The molecule has 0 radical (unpaired) electrons. The van der Waals surface area contributed by atoms with E-state index in [0.717, 1.165) is 56.0 Å². The van der Waals surface area contributed by atoms with Crippen LogP contribution in [-0.4, -0.2) is 60.1 Å². The van der Waals surface area contributed by atoms with Crippen LogP contribution in [-0.2, 0) is 0 Å². The van der Waals surface area contributed by atoms with Gasteiger partial charge in [0.15, 0.2) is 0 Å². The fourth-order valence-electron chi connectivity index (χ4n) is 3.26. The lowest BCUT2D eigenvalue weighted by Crippen LogP contribution is -2.51. The quantitative estimate of drug-likeness (QED) is 0.916. The summed E-state index contributed by atoms with van der Waals surface area (Å²) in [6, 6.07) is 12.4. The molecule has 1 aromatic carbocycles. The van der Waals surface area contributed by atoms with Crippen molar-refractivity contribution in [2.45, 2.75) is 19.9 Å². The summed E-state index contributed by atoms with van der Waals surface area (Å²) >= 11 is 0. The van der Waals surface area contributed by atoms with Gasteiger partial charge in [-0.05, 0) is 25.6 Å². The highest BCUT2D eigenvalue weighted by molar-refractivity contribution is 5.86. The number of nitrogens with zero attached hydrogens (tertiary/aromatic N) is 4. The Labute approximate surface area is 143 Å². The lowest BCUT2D eigenvalue weighted by atomic mass is 10.1. The van der Waals surface area contributed by atoms with Crippen LogP contribution >= 0.6 is 0 Å². The van der Waals surface area contributed by atoms with Crippen molar-refractivity contribution in [1.29, 1.82) is 5.26 Å². The highest BCUT2D eigenvalue weighted by Crippen LogP contribution is 2.20. The number of pyridine rings is 1. The van der Waals surface area contributed by atoms with E-state index in [1.54, 1.807) is 0 Å². The highest BCUT2D eigenvalue weighted by Gasteiger charge is 2.20. The lowest BCUT2D eigenvalue weighted by Gasteiger charge is -2.37. The van der Waals surface area contributed by atoms with Gasteiger partial charge in [-0.2, -0.15) is 5.26 Å². The van der Waals surface area contributed by atoms with Gasteiger partial charge in [0.2, 0.25) is 0 Å². The molecule has 3 rings (SSSR count). The van der Waals surface area contributed by atoms with E-state index in [-0.39, 0.29) is 0 Å². The van der Waals surface area contributed by atoms with Crippen LogP contribution in [0.1, 0.15) is 19.4 Å². The van der Waals surface area contributed by atoms with Crippen LogP contribution in [0.3, 0.4) is 0 Å². The van der Waals surface area contributed by atoms with Crippen LogP contribution in [0.4, 0.5) is 5.82 Å². The van der Waals surface area contributed by atoms with E-state index < -0.39 is 0 Å². The molecule has 24 heavy (non-hydrogen) atoms. The zero-order chi connectivity index (χ0) is 16.9. The molecule has 1 aliphatic rings. The number of anilines is 1. The SMILES string of the molecule is CCN1CCN([C@@H](C)CNc2cc(C#N)c3ccccc3n2)CC1. The number of fused-ring (bicyclic) bond motifs is 1. The average molecular weight is 323 g/mol. The molecule has 0 spiro atoms. The summed E-state index contributed by atoms with van der Waals surface area (Å²) in [6.07, 6.45) is 0. The van der Waals surface area contributed by atoms with Gasteiger partial charge < -0.3 is 10.2 Å². The lowest BCUT2D eigenvalue weighted by molar-refractivity contribution is 0.110. The Kier molecular flexibility index (Phi) is 5.29. The Balaban J connectivity index is 1.64. The molecule has 126 valence electrons. The molecule has 0 aliphatic carbocycles. The molecule has 5 heteroatoms. The molecule has 0 saturated carbocycles. The van der Waals surface area contributed by atoms with Crippen molar-refractivity contribution in [2.75, 3.05) is 44.6 Å². The monoisotopic (exact) mass is 323 g/mol. The minimum absolute atomic E-state index is 0.447. The molecule has 1 atom stereocenters. The number of rotatable bonds is 5. The summed E-state index contributed by atoms with van der Waals surface area (Å²) in [5, 5.41) is 13.7. The number of nitriles is 1. The van der Waals surface area contributed by atoms with Crippen molar-refractivity contribution in [3.05, 3.63) is 35.9 Å². The number of hydrogen-bond donors (Lipinski definition) is 1.